The number of furan rings is 1. The van der Waals surface area contributed by atoms with Gasteiger partial charge in [-0.2, -0.15) is 0 Å². The van der Waals surface area contributed by atoms with Crippen molar-refractivity contribution in [3.05, 3.63) is 24.2 Å². The van der Waals surface area contributed by atoms with E-state index < -0.39 is 0 Å². The molecule has 0 aromatic carbocycles. The summed E-state index contributed by atoms with van der Waals surface area (Å²) in [4.78, 5) is 9.96. The first-order valence-corrected chi connectivity index (χ1v) is 8.86. The topological polar surface area (TPSA) is 56.0 Å². The van der Waals surface area contributed by atoms with E-state index >= 15 is 0 Å². The number of aliphatic imine (C=N–C) groups is 1. The molecule has 23 heavy (non-hydrogen) atoms. The van der Waals surface area contributed by atoms with E-state index in [4.69, 9.17) is 9.41 Å². The van der Waals surface area contributed by atoms with Crippen molar-refractivity contribution in [2.24, 2.45) is 4.99 Å². The van der Waals surface area contributed by atoms with Crippen LogP contribution in [0, 0.1) is 0 Å². The molecular formula is C17H29N5O. The lowest BCUT2D eigenvalue weighted by atomic mass is 10.1. The summed E-state index contributed by atoms with van der Waals surface area (Å²) in [7, 11) is 0. The van der Waals surface area contributed by atoms with E-state index in [0.29, 0.717) is 6.04 Å². The lowest BCUT2D eigenvalue weighted by molar-refractivity contribution is 0.0174. The van der Waals surface area contributed by atoms with Crippen LogP contribution in [0.25, 0.3) is 0 Å². The third kappa shape index (κ3) is 4.72. The normalized spacial score (nSPS) is 27.2. The minimum Gasteiger partial charge on any atom is -0.469 e. The second kappa shape index (κ2) is 8.36. The highest BCUT2D eigenvalue weighted by Crippen LogP contribution is 2.15. The molecule has 0 spiro atoms. The third-order valence-corrected chi connectivity index (χ3v) is 4.64. The summed E-state index contributed by atoms with van der Waals surface area (Å²) >= 11 is 0. The van der Waals surface area contributed by atoms with Crippen LogP contribution in [0.3, 0.4) is 0 Å². The van der Waals surface area contributed by atoms with Crippen molar-refractivity contribution in [3.63, 3.8) is 0 Å². The summed E-state index contributed by atoms with van der Waals surface area (Å²) in [5, 5.41) is 6.83. The smallest absolute Gasteiger partial charge is 0.191 e. The lowest BCUT2D eigenvalue weighted by Gasteiger charge is -2.47. The van der Waals surface area contributed by atoms with Crippen molar-refractivity contribution in [3.8, 4) is 0 Å². The monoisotopic (exact) mass is 319 g/mol. The Morgan fingerprint density at radius 1 is 1.26 bits per heavy atom. The van der Waals surface area contributed by atoms with Crippen molar-refractivity contribution in [2.75, 3.05) is 52.4 Å². The fraction of sp³-hybridized carbons (Fsp3) is 0.706. The van der Waals surface area contributed by atoms with Crippen LogP contribution >= 0.6 is 0 Å². The summed E-state index contributed by atoms with van der Waals surface area (Å²) in [6.45, 7) is 10.8. The van der Waals surface area contributed by atoms with Crippen LogP contribution in [0.2, 0.25) is 0 Å². The molecule has 128 valence electrons. The number of piperazine rings is 3. The zero-order chi connectivity index (χ0) is 15.9. The molecule has 3 aliphatic heterocycles. The summed E-state index contributed by atoms with van der Waals surface area (Å²) in [6.07, 6.45) is 3.70. The van der Waals surface area contributed by atoms with Crippen molar-refractivity contribution in [1.29, 1.82) is 0 Å². The number of hydrogen-bond donors (Lipinski definition) is 2. The molecule has 1 unspecified atom stereocenters. The van der Waals surface area contributed by atoms with Gasteiger partial charge in [0.1, 0.15) is 5.76 Å². The van der Waals surface area contributed by atoms with Gasteiger partial charge < -0.3 is 15.1 Å². The molecule has 1 atom stereocenters. The molecule has 3 aliphatic rings. The van der Waals surface area contributed by atoms with Crippen molar-refractivity contribution >= 4 is 5.96 Å². The Kier molecular flexibility index (Phi) is 5.93. The number of nitrogens with zero attached hydrogens (tertiary/aromatic N) is 3. The molecule has 1 aromatic rings. The minimum absolute atomic E-state index is 0.572. The number of fused-ring (bicyclic) bond motifs is 3. The summed E-state index contributed by atoms with van der Waals surface area (Å²) in [6, 6.07) is 4.52. The van der Waals surface area contributed by atoms with Crippen LogP contribution in [0.15, 0.2) is 27.8 Å². The van der Waals surface area contributed by atoms with E-state index in [0.717, 1.165) is 50.7 Å². The van der Waals surface area contributed by atoms with Crippen molar-refractivity contribution in [2.45, 2.75) is 25.8 Å². The summed E-state index contributed by atoms with van der Waals surface area (Å²) in [5.41, 5.74) is 0. The number of guanidine groups is 1. The Hall–Kier alpha value is -1.53. The molecule has 0 saturated carbocycles. The van der Waals surface area contributed by atoms with Crippen molar-refractivity contribution < 1.29 is 4.42 Å². The SMILES string of the molecule is CCCNC(=NCC1CN2CCN1CC2)NCCc1ccco1. The first-order valence-electron chi connectivity index (χ1n) is 8.86. The Morgan fingerprint density at radius 3 is 2.74 bits per heavy atom. The zero-order valence-electron chi connectivity index (χ0n) is 14.1. The van der Waals surface area contributed by atoms with E-state index in [1.807, 2.05) is 12.1 Å². The zero-order valence-corrected chi connectivity index (χ0v) is 14.1. The molecule has 1 aromatic heterocycles. The Bertz CT molecular complexity index is 479. The highest BCUT2D eigenvalue weighted by atomic mass is 16.3. The van der Waals surface area contributed by atoms with Crippen LogP contribution < -0.4 is 10.6 Å². The molecule has 0 amide bonds. The molecule has 4 rings (SSSR count). The second-order valence-corrected chi connectivity index (χ2v) is 6.36. The second-order valence-electron chi connectivity index (χ2n) is 6.36. The van der Waals surface area contributed by atoms with Gasteiger partial charge in [-0.25, -0.2) is 0 Å². The number of hydrogen-bond acceptors (Lipinski definition) is 4. The van der Waals surface area contributed by atoms with Crippen LogP contribution in [-0.4, -0.2) is 74.2 Å². The first-order chi connectivity index (χ1) is 11.3. The maximum atomic E-state index is 5.37. The van der Waals surface area contributed by atoms with E-state index in [9.17, 15) is 0 Å². The van der Waals surface area contributed by atoms with Crippen LogP contribution in [0.4, 0.5) is 0 Å². The van der Waals surface area contributed by atoms with E-state index in [2.05, 4.69) is 27.4 Å². The highest BCUT2D eigenvalue weighted by molar-refractivity contribution is 5.79. The fourth-order valence-electron chi connectivity index (χ4n) is 3.27. The van der Waals surface area contributed by atoms with Gasteiger partial charge in [0.2, 0.25) is 0 Å². The van der Waals surface area contributed by atoms with Gasteiger partial charge in [-0.15, -0.1) is 0 Å². The van der Waals surface area contributed by atoms with E-state index in [1.54, 1.807) is 6.26 Å². The highest BCUT2D eigenvalue weighted by Gasteiger charge is 2.31. The van der Waals surface area contributed by atoms with Crippen molar-refractivity contribution in [1.82, 2.24) is 20.4 Å². The molecule has 6 nitrogen and oxygen atoms in total. The number of rotatable bonds is 7. The molecule has 4 heterocycles. The van der Waals surface area contributed by atoms with E-state index in [1.165, 1.54) is 26.2 Å². The molecule has 3 fully saturated rings. The average molecular weight is 319 g/mol. The minimum atomic E-state index is 0.572. The fourth-order valence-corrected chi connectivity index (χ4v) is 3.27. The molecule has 0 aliphatic carbocycles. The predicted molar refractivity (Wildman–Crippen MR) is 92.8 cm³/mol. The molecule has 3 saturated heterocycles. The van der Waals surface area contributed by atoms with Gasteiger partial charge in [-0.3, -0.25) is 14.8 Å². The number of nitrogens with one attached hydrogen (secondary N) is 2. The molecular weight excluding hydrogens is 290 g/mol. The van der Waals surface area contributed by atoms with E-state index in [-0.39, 0.29) is 0 Å². The molecule has 0 radical (unpaired) electrons. The van der Waals surface area contributed by atoms with Gasteiger partial charge in [0.05, 0.1) is 12.8 Å². The van der Waals surface area contributed by atoms with Crippen LogP contribution in [-0.2, 0) is 6.42 Å². The van der Waals surface area contributed by atoms with Gasteiger partial charge >= 0.3 is 0 Å². The van der Waals surface area contributed by atoms with Gasteiger partial charge in [-0.05, 0) is 18.6 Å². The molecule has 6 heteroatoms. The Labute approximate surface area is 138 Å². The predicted octanol–water partition coefficient (Wildman–Crippen LogP) is 0.767. The molecule has 2 N–H and O–H groups in total. The quantitative estimate of drug-likeness (QED) is 0.574. The average Bonchev–Trinajstić information content (AvgIpc) is 3.11. The van der Waals surface area contributed by atoms with Gasteiger partial charge in [0.25, 0.3) is 0 Å². The largest absolute Gasteiger partial charge is 0.469 e. The summed E-state index contributed by atoms with van der Waals surface area (Å²) in [5.74, 6) is 1.94. The lowest BCUT2D eigenvalue weighted by Crippen LogP contribution is -2.62. The van der Waals surface area contributed by atoms with Crippen LogP contribution in [0.1, 0.15) is 19.1 Å². The van der Waals surface area contributed by atoms with Gasteiger partial charge in [0, 0.05) is 58.3 Å². The third-order valence-electron chi connectivity index (χ3n) is 4.64. The van der Waals surface area contributed by atoms with Gasteiger partial charge in [0.15, 0.2) is 5.96 Å². The Morgan fingerprint density at radius 2 is 2.09 bits per heavy atom. The van der Waals surface area contributed by atoms with Gasteiger partial charge in [-0.1, -0.05) is 6.92 Å². The first kappa shape index (κ1) is 16.3. The standard InChI is InChI=1S/C17H29N5O/c1-2-6-18-17(19-7-5-16-4-3-12-23-16)20-13-15-14-21-8-10-22(15)11-9-21/h3-4,12,15H,2,5-11,13-14H2,1H3,(H2,18,19,20). The maximum absolute atomic E-state index is 5.37. The summed E-state index contributed by atoms with van der Waals surface area (Å²) < 4.78 is 5.37. The Balaban J connectivity index is 1.48. The molecule has 2 bridgehead atoms. The maximum Gasteiger partial charge on any atom is 0.191 e. The van der Waals surface area contributed by atoms with Crippen LogP contribution in [0.5, 0.6) is 0 Å².